The summed E-state index contributed by atoms with van der Waals surface area (Å²) in [5.41, 5.74) is 5.00. The van der Waals surface area contributed by atoms with Crippen molar-refractivity contribution >= 4 is 30.7 Å². The first-order valence-electron chi connectivity index (χ1n) is 6.75. The van der Waals surface area contributed by atoms with E-state index in [1.807, 2.05) is 0 Å². The smallest absolute Gasteiger partial charge is 0.239 e. The minimum absolute atomic E-state index is 0. The number of likely N-dealkylation sites (tertiary alicyclic amines) is 1. The minimum Gasteiger partial charge on any atom is -0.352 e. The topological polar surface area (TPSA) is 58.4 Å². The van der Waals surface area contributed by atoms with Crippen LogP contribution in [0, 0.1) is 0 Å². The number of nitrogens with two attached hydrogens (primary N) is 1. The van der Waals surface area contributed by atoms with Gasteiger partial charge in [-0.2, -0.15) is 0 Å². The van der Waals surface area contributed by atoms with Crippen LogP contribution in [0.25, 0.3) is 0 Å². The maximum Gasteiger partial charge on any atom is 0.239 e. The second-order valence-electron chi connectivity index (χ2n) is 5.66. The number of halogens is 2. The van der Waals surface area contributed by atoms with Crippen LogP contribution in [0.4, 0.5) is 0 Å². The monoisotopic (exact) mass is 313 g/mol. The third kappa shape index (κ3) is 7.98. The molecule has 0 aromatic heterocycles. The van der Waals surface area contributed by atoms with Crippen molar-refractivity contribution in [1.29, 1.82) is 0 Å². The first-order chi connectivity index (χ1) is 7.93. The summed E-state index contributed by atoms with van der Waals surface area (Å²) in [6, 6.07) is 0.309. The van der Waals surface area contributed by atoms with E-state index in [2.05, 4.69) is 17.1 Å². The fraction of sp³-hybridized carbons (Fsp3) is 0.923. The standard InChI is InChI=1S/C13H27N3O.2ClH/c1-4-5-8-16-9-6-11(7-10-16)15-12(17)13(2,3)14;;/h11H,4-10,14H2,1-3H3,(H,15,17);2*1H. The Morgan fingerprint density at radius 3 is 2.26 bits per heavy atom. The first kappa shape index (κ1) is 21.3. The molecule has 0 atom stereocenters. The maximum atomic E-state index is 11.7. The van der Waals surface area contributed by atoms with Crippen molar-refractivity contribution < 1.29 is 4.79 Å². The van der Waals surface area contributed by atoms with E-state index in [0.717, 1.165) is 25.9 Å². The number of hydrogen-bond acceptors (Lipinski definition) is 3. The molecule has 1 saturated heterocycles. The van der Waals surface area contributed by atoms with Gasteiger partial charge in [0.15, 0.2) is 0 Å². The van der Waals surface area contributed by atoms with E-state index in [1.165, 1.54) is 19.4 Å². The molecule has 1 fully saturated rings. The van der Waals surface area contributed by atoms with E-state index in [-0.39, 0.29) is 30.7 Å². The average molecular weight is 314 g/mol. The van der Waals surface area contributed by atoms with Gasteiger partial charge in [-0.15, -0.1) is 24.8 Å². The summed E-state index contributed by atoms with van der Waals surface area (Å²) in [6.45, 7) is 9.10. The van der Waals surface area contributed by atoms with Crippen molar-refractivity contribution in [2.24, 2.45) is 5.73 Å². The van der Waals surface area contributed by atoms with E-state index in [9.17, 15) is 4.79 Å². The molecule has 0 bridgehead atoms. The van der Waals surface area contributed by atoms with Crippen molar-refractivity contribution in [3.05, 3.63) is 0 Å². The van der Waals surface area contributed by atoms with E-state index in [1.54, 1.807) is 13.8 Å². The lowest BCUT2D eigenvalue weighted by atomic mass is 10.0. The lowest BCUT2D eigenvalue weighted by Crippen LogP contribution is -2.54. The molecule has 1 heterocycles. The van der Waals surface area contributed by atoms with Gasteiger partial charge >= 0.3 is 0 Å². The van der Waals surface area contributed by atoms with Crippen LogP contribution in [0.1, 0.15) is 46.5 Å². The van der Waals surface area contributed by atoms with Crippen LogP contribution in [0.3, 0.4) is 0 Å². The molecule has 3 N–H and O–H groups in total. The van der Waals surface area contributed by atoms with Crippen molar-refractivity contribution in [2.45, 2.75) is 58.0 Å². The zero-order valence-corrected chi connectivity index (χ0v) is 13.9. The Morgan fingerprint density at radius 1 is 1.32 bits per heavy atom. The molecule has 116 valence electrons. The first-order valence-corrected chi connectivity index (χ1v) is 6.75. The molecule has 0 aromatic carbocycles. The zero-order chi connectivity index (χ0) is 12.9. The highest BCUT2D eigenvalue weighted by Crippen LogP contribution is 2.12. The van der Waals surface area contributed by atoms with Gasteiger partial charge in [0.1, 0.15) is 0 Å². The van der Waals surface area contributed by atoms with Gasteiger partial charge in [0.25, 0.3) is 0 Å². The number of nitrogens with one attached hydrogen (secondary N) is 1. The van der Waals surface area contributed by atoms with Gasteiger partial charge in [-0.1, -0.05) is 13.3 Å². The van der Waals surface area contributed by atoms with Gasteiger partial charge in [-0.05, 0) is 39.7 Å². The molecule has 0 aromatic rings. The number of piperidine rings is 1. The molecule has 4 nitrogen and oxygen atoms in total. The number of unbranched alkanes of at least 4 members (excludes halogenated alkanes) is 1. The van der Waals surface area contributed by atoms with Gasteiger partial charge in [-0.25, -0.2) is 0 Å². The molecule has 0 saturated carbocycles. The molecule has 0 radical (unpaired) electrons. The summed E-state index contributed by atoms with van der Waals surface area (Å²) >= 11 is 0. The van der Waals surface area contributed by atoms with Crippen molar-refractivity contribution in [3.8, 4) is 0 Å². The number of hydrogen-bond donors (Lipinski definition) is 2. The second-order valence-corrected chi connectivity index (χ2v) is 5.66. The van der Waals surface area contributed by atoms with E-state index < -0.39 is 5.54 Å². The summed E-state index contributed by atoms with van der Waals surface area (Å²) in [7, 11) is 0. The fourth-order valence-corrected chi connectivity index (χ4v) is 2.05. The third-order valence-corrected chi connectivity index (χ3v) is 3.34. The molecule has 1 amide bonds. The number of amides is 1. The molecular formula is C13H29Cl2N3O. The highest BCUT2D eigenvalue weighted by atomic mass is 35.5. The quantitative estimate of drug-likeness (QED) is 0.815. The number of carbonyl (C=O) groups excluding carboxylic acids is 1. The van der Waals surface area contributed by atoms with Gasteiger partial charge in [-0.3, -0.25) is 4.79 Å². The van der Waals surface area contributed by atoms with E-state index >= 15 is 0 Å². The Balaban J connectivity index is 0. The van der Waals surface area contributed by atoms with Gasteiger partial charge < -0.3 is 16.0 Å². The predicted molar refractivity (Wildman–Crippen MR) is 85.3 cm³/mol. The Labute approximate surface area is 129 Å². The molecule has 1 aliphatic heterocycles. The Kier molecular flexibility index (Phi) is 11.0. The molecule has 19 heavy (non-hydrogen) atoms. The van der Waals surface area contributed by atoms with Crippen LogP contribution >= 0.6 is 24.8 Å². The van der Waals surface area contributed by atoms with Crippen LogP contribution in [0.15, 0.2) is 0 Å². The highest BCUT2D eigenvalue weighted by molar-refractivity contribution is 5.86. The van der Waals surface area contributed by atoms with Crippen molar-refractivity contribution in [3.63, 3.8) is 0 Å². The number of rotatable bonds is 5. The second kappa shape index (κ2) is 9.81. The largest absolute Gasteiger partial charge is 0.352 e. The third-order valence-electron chi connectivity index (χ3n) is 3.34. The summed E-state index contributed by atoms with van der Waals surface area (Å²) in [4.78, 5) is 14.2. The molecule has 6 heteroatoms. The van der Waals surface area contributed by atoms with Crippen LogP contribution in [0.5, 0.6) is 0 Å². The van der Waals surface area contributed by atoms with Gasteiger partial charge in [0, 0.05) is 19.1 Å². The maximum absolute atomic E-state index is 11.7. The van der Waals surface area contributed by atoms with Gasteiger partial charge in [0.2, 0.25) is 5.91 Å². The minimum atomic E-state index is -0.765. The SMILES string of the molecule is CCCCN1CCC(NC(=O)C(C)(C)N)CC1.Cl.Cl. The van der Waals surface area contributed by atoms with Crippen LogP contribution < -0.4 is 11.1 Å². The summed E-state index contributed by atoms with van der Waals surface area (Å²) in [6.07, 6.45) is 4.61. The fourth-order valence-electron chi connectivity index (χ4n) is 2.05. The zero-order valence-electron chi connectivity index (χ0n) is 12.3. The normalized spacial score (nSPS) is 17.3. The summed E-state index contributed by atoms with van der Waals surface area (Å²) in [5.74, 6) is -0.0375. The number of carbonyl (C=O) groups is 1. The Bertz CT molecular complexity index is 249. The summed E-state index contributed by atoms with van der Waals surface area (Å²) in [5, 5.41) is 3.04. The van der Waals surface area contributed by atoms with Crippen molar-refractivity contribution in [1.82, 2.24) is 10.2 Å². The van der Waals surface area contributed by atoms with E-state index in [0.29, 0.717) is 6.04 Å². The lowest BCUT2D eigenvalue weighted by molar-refractivity contribution is -0.126. The molecule has 0 spiro atoms. The molecular weight excluding hydrogens is 285 g/mol. The number of nitrogens with zero attached hydrogens (tertiary/aromatic N) is 1. The molecule has 1 rings (SSSR count). The predicted octanol–water partition coefficient (Wildman–Crippen LogP) is 1.95. The molecule has 1 aliphatic rings. The lowest BCUT2D eigenvalue weighted by Gasteiger charge is -2.33. The van der Waals surface area contributed by atoms with Gasteiger partial charge in [0.05, 0.1) is 5.54 Å². The highest BCUT2D eigenvalue weighted by Gasteiger charge is 2.26. The summed E-state index contributed by atoms with van der Waals surface area (Å²) < 4.78 is 0. The van der Waals surface area contributed by atoms with Crippen molar-refractivity contribution in [2.75, 3.05) is 19.6 Å². The Hall–Kier alpha value is -0.0300. The molecule has 0 unspecified atom stereocenters. The van der Waals surface area contributed by atoms with E-state index in [4.69, 9.17) is 5.73 Å². The Morgan fingerprint density at radius 2 is 1.84 bits per heavy atom. The molecule has 0 aliphatic carbocycles. The average Bonchev–Trinajstić information content (AvgIpc) is 2.27. The van der Waals surface area contributed by atoms with Crippen LogP contribution in [-0.4, -0.2) is 42.0 Å². The van der Waals surface area contributed by atoms with Crippen LogP contribution in [-0.2, 0) is 4.79 Å². The van der Waals surface area contributed by atoms with Crippen LogP contribution in [0.2, 0.25) is 0 Å².